The smallest absolute Gasteiger partial charge is 0.151 e. The molecule has 0 aliphatic rings. The van der Waals surface area contributed by atoms with Crippen LogP contribution in [0.5, 0.6) is 0 Å². The van der Waals surface area contributed by atoms with Crippen molar-refractivity contribution in [3.63, 3.8) is 0 Å². The molecule has 0 radical (unpaired) electrons. The predicted molar refractivity (Wildman–Crippen MR) is 70.2 cm³/mol. The van der Waals surface area contributed by atoms with Gasteiger partial charge in [-0.05, 0) is 23.6 Å². The minimum atomic E-state index is 0.668. The summed E-state index contributed by atoms with van der Waals surface area (Å²) in [5, 5.41) is 0. The Hall–Kier alpha value is -1.96. The third-order valence-corrected chi connectivity index (χ3v) is 2.31. The van der Waals surface area contributed by atoms with Crippen molar-refractivity contribution in [1.82, 2.24) is 4.98 Å². The molecule has 0 unspecified atom stereocenters. The largest absolute Gasteiger partial charge is 0.298 e. The van der Waals surface area contributed by atoms with Crippen molar-refractivity contribution < 1.29 is 4.79 Å². The molecular formula is C15H17NO. The van der Waals surface area contributed by atoms with Crippen LogP contribution in [0.4, 0.5) is 0 Å². The van der Waals surface area contributed by atoms with E-state index in [0.29, 0.717) is 5.56 Å². The Balaban J connectivity index is 0.000000686. The number of carbonyl (C=O) groups is 1. The second kappa shape index (κ2) is 7.34. The van der Waals surface area contributed by atoms with E-state index in [1.807, 2.05) is 38.1 Å². The fraction of sp³-hybridized carbons (Fsp3) is 0.200. The lowest BCUT2D eigenvalue weighted by Crippen LogP contribution is -1.94. The Morgan fingerprint density at radius 3 is 2.47 bits per heavy atom. The first-order valence-electron chi connectivity index (χ1n) is 5.82. The number of aromatic nitrogens is 1. The van der Waals surface area contributed by atoms with Crippen LogP contribution in [-0.2, 0) is 6.42 Å². The van der Waals surface area contributed by atoms with Gasteiger partial charge in [0, 0.05) is 18.0 Å². The predicted octanol–water partition coefficient (Wildman–Crippen LogP) is 3.51. The van der Waals surface area contributed by atoms with Crippen molar-refractivity contribution in [2.24, 2.45) is 0 Å². The summed E-state index contributed by atoms with van der Waals surface area (Å²) < 4.78 is 0. The van der Waals surface area contributed by atoms with Crippen LogP contribution in [0.3, 0.4) is 0 Å². The summed E-state index contributed by atoms with van der Waals surface area (Å²) in [4.78, 5) is 14.7. The van der Waals surface area contributed by atoms with E-state index in [1.165, 1.54) is 5.56 Å². The van der Waals surface area contributed by atoms with Crippen molar-refractivity contribution in [1.29, 1.82) is 0 Å². The summed E-state index contributed by atoms with van der Waals surface area (Å²) >= 11 is 0. The van der Waals surface area contributed by atoms with E-state index in [4.69, 9.17) is 0 Å². The maximum Gasteiger partial charge on any atom is 0.151 e. The van der Waals surface area contributed by atoms with E-state index in [9.17, 15) is 4.79 Å². The van der Waals surface area contributed by atoms with Gasteiger partial charge in [-0.1, -0.05) is 44.2 Å². The molecule has 2 heteroatoms. The molecule has 0 fully saturated rings. The molecule has 0 aliphatic carbocycles. The zero-order chi connectivity index (χ0) is 12.5. The lowest BCUT2D eigenvalue weighted by molar-refractivity contribution is 0.112. The molecule has 1 aromatic heterocycles. The Morgan fingerprint density at radius 1 is 1.12 bits per heavy atom. The Morgan fingerprint density at radius 2 is 1.82 bits per heavy atom. The minimum absolute atomic E-state index is 0.668. The molecular weight excluding hydrogens is 210 g/mol. The molecule has 0 aliphatic heterocycles. The van der Waals surface area contributed by atoms with Crippen molar-refractivity contribution in [3.05, 3.63) is 65.5 Å². The molecule has 0 saturated carbocycles. The number of pyridine rings is 1. The Bertz CT molecular complexity index is 451. The number of rotatable bonds is 3. The molecule has 0 N–H and O–H groups in total. The summed E-state index contributed by atoms with van der Waals surface area (Å²) in [5.74, 6) is 0. The standard InChI is InChI=1S/C13H11NO.C2H6/c15-10-13-9-14-7-6-12(13)8-11-4-2-1-3-5-11;1-2/h1-7,9-10H,8H2;1-2H3. The highest BCUT2D eigenvalue weighted by Crippen LogP contribution is 2.11. The maximum absolute atomic E-state index is 10.8. The van der Waals surface area contributed by atoms with Gasteiger partial charge in [-0.3, -0.25) is 9.78 Å². The molecule has 2 nitrogen and oxygen atoms in total. The molecule has 0 amide bonds. The summed E-state index contributed by atoms with van der Waals surface area (Å²) in [6, 6.07) is 12.0. The van der Waals surface area contributed by atoms with Crippen LogP contribution < -0.4 is 0 Å². The van der Waals surface area contributed by atoms with Crippen molar-refractivity contribution in [2.75, 3.05) is 0 Å². The van der Waals surface area contributed by atoms with Gasteiger partial charge in [0.15, 0.2) is 6.29 Å². The average Bonchev–Trinajstić information content (AvgIpc) is 2.43. The fourth-order valence-corrected chi connectivity index (χ4v) is 1.52. The summed E-state index contributed by atoms with van der Waals surface area (Å²) in [6.07, 6.45) is 4.94. The molecule has 2 aromatic rings. The molecule has 0 bridgehead atoms. The van der Waals surface area contributed by atoms with Crippen molar-refractivity contribution in [3.8, 4) is 0 Å². The third kappa shape index (κ3) is 3.83. The molecule has 17 heavy (non-hydrogen) atoms. The van der Waals surface area contributed by atoms with Gasteiger partial charge < -0.3 is 0 Å². The summed E-state index contributed by atoms with van der Waals surface area (Å²) in [6.45, 7) is 4.00. The van der Waals surface area contributed by atoms with Crippen LogP contribution >= 0.6 is 0 Å². The summed E-state index contributed by atoms with van der Waals surface area (Å²) in [7, 11) is 0. The fourth-order valence-electron chi connectivity index (χ4n) is 1.52. The van der Waals surface area contributed by atoms with Crippen LogP contribution in [0.15, 0.2) is 48.8 Å². The molecule has 88 valence electrons. The second-order valence-electron chi connectivity index (χ2n) is 3.35. The van der Waals surface area contributed by atoms with E-state index in [-0.39, 0.29) is 0 Å². The van der Waals surface area contributed by atoms with Crippen LogP contribution in [-0.4, -0.2) is 11.3 Å². The second-order valence-corrected chi connectivity index (χ2v) is 3.35. The first-order chi connectivity index (χ1) is 8.40. The first-order valence-corrected chi connectivity index (χ1v) is 5.82. The number of nitrogens with zero attached hydrogens (tertiary/aromatic N) is 1. The van der Waals surface area contributed by atoms with E-state index < -0.39 is 0 Å². The number of hydrogen-bond donors (Lipinski definition) is 0. The third-order valence-electron chi connectivity index (χ3n) is 2.31. The van der Waals surface area contributed by atoms with Gasteiger partial charge in [0.05, 0.1) is 0 Å². The van der Waals surface area contributed by atoms with Crippen molar-refractivity contribution in [2.45, 2.75) is 20.3 Å². The van der Waals surface area contributed by atoms with E-state index in [0.717, 1.165) is 18.3 Å². The molecule has 0 spiro atoms. The Kier molecular flexibility index (Phi) is 5.66. The number of carbonyl (C=O) groups excluding carboxylic acids is 1. The van der Waals surface area contributed by atoms with Crippen molar-refractivity contribution >= 4 is 6.29 Å². The van der Waals surface area contributed by atoms with Gasteiger partial charge in [-0.15, -0.1) is 0 Å². The van der Waals surface area contributed by atoms with Gasteiger partial charge in [-0.2, -0.15) is 0 Å². The van der Waals surface area contributed by atoms with Crippen LogP contribution in [0.1, 0.15) is 35.3 Å². The highest BCUT2D eigenvalue weighted by atomic mass is 16.1. The van der Waals surface area contributed by atoms with Crippen LogP contribution in [0.25, 0.3) is 0 Å². The van der Waals surface area contributed by atoms with E-state index >= 15 is 0 Å². The van der Waals surface area contributed by atoms with Gasteiger partial charge in [0.2, 0.25) is 0 Å². The van der Waals surface area contributed by atoms with E-state index in [1.54, 1.807) is 12.4 Å². The average molecular weight is 227 g/mol. The molecule has 0 atom stereocenters. The topological polar surface area (TPSA) is 30.0 Å². The SMILES string of the molecule is CC.O=Cc1cnccc1Cc1ccccc1. The zero-order valence-corrected chi connectivity index (χ0v) is 10.3. The number of benzene rings is 1. The lowest BCUT2D eigenvalue weighted by Gasteiger charge is -2.03. The normalized spacial score (nSPS) is 9.06. The van der Waals surface area contributed by atoms with Crippen LogP contribution in [0.2, 0.25) is 0 Å². The first kappa shape index (κ1) is 13.1. The molecule has 0 saturated heterocycles. The van der Waals surface area contributed by atoms with Gasteiger partial charge in [-0.25, -0.2) is 0 Å². The minimum Gasteiger partial charge on any atom is -0.298 e. The van der Waals surface area contributed by atoms with Gasteiger partial charge in [0.1, 0.15) is 0 Å². The molecule has 2 rings (SSSR count). The number of aldehydes is 1. The monoisotopic (exact) mass is 227 g/mol. The number of hydrogen-bond acceptors (Lipinski definition) is 2. The molecule has 1 aromatic carbocycles. The highest BCUT2D eigenvalue weighted by molar-refractivity contribution is 5.76. The highest BCUT2D eigenvalue weighted by Gasteiger charge is 2.01. The Labute approximate surface area is 102 Å². The van der Waals surface area contributed by atoms with Gasteiger partial charge in [0.25, 0.3) is 0 Å². The van der Waals surface area contributed by atoms with E-state index in [2.05, 4.69) is 17.1 Å². The lowest BCUT2D eigenvalue weighted by atomic mass is 10.0. The summed E-state index contributed by atoms with van der Waals surface area (Å²) in [5.41, 5.74) is 2.89. The van der Waals surface area contributed by atoms with Crippen LogP contribution in [0, 0.1) is 0 Å². The molecule has 1 heterocycles. The quantitative estimate of drug-likeness (QED) is 0.751. The zero-order valence-electron chi connectivity index (χ0n) is 10.3. The maximum atomic E-state index is 10.8. The van der Waals surface area contributed by atoms with Gasteiger partial charge >= 0.3 is 0 Å².